The van der Waals surface area contributed by atoms with Gasteiger partial charge in [-0.25, -0.2) is 0 Å². The Morgan fingerprint density at radius 3 is 2.63 bits per heavy atom. The molecule has 2 bridgehead atoms. The third-order valence-corrected chi connectivity index (χ3v) is 10.8. The van der Waals surface area contributed by atoms with E-state index in [0.29, 0.717) is 30.2 Å². The first kappa shape index (κ1) is 30.9. The van der Waals surface area contributed by atoms with Gasteiger partial charge in [-0.15, -0.1) is 0 Å². The summed E-state index contributed by atoms with van der Waals surface area (Å²) in [7, 11) is 0. The van der Waals surface area contributed by atoms with E-state index in [0.717, 1.165) is 56.5 Å². The molecule has 7 rings (SSSR count). The molecule has 46 heavy (non-hydrogen) atoms. The number of halogens is 3. The second-order valence-electron chi connectivity index (χ2n) is 14.1. The van der Waals surface area contributed by atoms with Gasteiger partial charge in [-0.1, -0.05) is 25.8 Å². The minimum Gasteiger partial charge on any atom is -0.504 e. The van der Waals surface area contributed by atoms with Gasteiger partial charge in [0.1, 0.15) is 12.2 Å². The molecule has 0 radical (unpaired) electrons. The van der Waals surface area contributed by atoms with Gasteiger partial charge < -0.3 is 19.5 Å². The minimum absolute atomic E-state index is 0.00889. The van der Waals surface area contributed by atoms with Gasteiger partial charge in [0.25, 0.3) is 5.91 Å². The standard InChI is InChI=1S/C36H39F3N2O5/c1-20(2)18-41(31(44)13-6-22-4-8-25(9-5-22)36(37,38)39)27-11-10-26-28-16-23-7-12-29(43)33-32(23)35(26,34(27)46-33)14-15-40(28)19-24-17-30(24)45-21(3)42/h4-5,7-9,12,20,24,26-28,30,34,43H,10-11,14-19H2,1-3H3/t24?,26-,27-,28+,30?,34-,35-/m0/s1. The Morgan fingerprint density at radius 2 is 1.93 bits per heavy atom. The Morgan fingerprint density at radius 1 is 1.17 bits per heavy atom. The molecule has 0 aromatic heterocycles. The first-order valence-electron chi connectivity index (χ1n) is 16.3. The Balaban J connectivity index is 1.19. The van der Waals surface area contributed by atoms with Crippen LogP contribution in [-0.2, 0) is 32.3 Å². The average molecular weight is 637 g/mol. The molecule has 10 heteroatoms. The molecule has 1 amide bonds. The number of nitrogens with zero attached hydrogens (tertiary/aromatic N) is 2. The molecule has 2 aromatic carbocycles. The van der Waals surface area contributed by atoms with Crippen molar-refractivity contribution in [3.8, 4) is 23.3 Å². The summed E-state index contributed by atoms with van der Waals surface area (Å²) in [6.07, 6.45) is -0.647. The molecule has 7 nitrogen and oxygen atoms in total. The zero-order valence-corrected chi connectivity index (χ0v) is 26.3. The molecular weight excluding hydrogens is 597 g/mol. The lowest BCUT2D eigenvalue weighted by Gasteiger charge is -2.60. The van der Waals surface area contributed by atoms with Crippen LogP contribution in [0.4, 0.5) is 13.2 Å². The van der Waals surface area contributed by atoms with E-state index in [9.17, 15) is 27.9 Å². The maximum absolute atomic E-state index is 13.9. The lowest BCUT2D eigenvalue weighted by Crippen LogP contribution is -2.69. The van der Waals surface area contributed by atoms with Gasteiger partial charge in [0, 0.05) is 54.4 Å². The van der Waals surface area contributed by atoms with Crippen LogP contribution in [0.15, 0.2) is 36.4 Å². The molecule has 2 saturated carbocycles. The SMILES string of the molecule is CC(=O)OC1CC1CN1CC[C@]23c4c5ccc(O)c4O[C@H]2[C@@H](N(CC(C)C)C(=O)C#Cc2ccc(C(F)(F)F)cc2)CC[C@H]3[C@H]1C5. The van der Waals surface area contributed by atoms with Crippen molar-refractivity contribution in [1.82, 2.24) is 9.80 Å². The lowest BCUT2D eigenvalue weighted by atomic mass is 9.51. The van der Waals surface area contributed by atoms with Crippen LogP contribution in [-0.4, -0.2) is 70.7 Å². The fraction of sp³-hybridized carbons (Fsp3) is 0.556. The van der Waals surface area contributed by atoms with Crippen molar-refractivity contribution in [2.24, 2.45) is 17.8 Å². The number of aromatic hydroxyl groups is 1. The monoisotopic (exact) mass is 636 g/mol. The molecule has 2 unspecified atom stereocenters. The van der Waals surface area contributed by atoms with Crippen LogP contribution < -0.4 is 4.74 Å². The largest absolute Gasteiger partial charge is 0.504 e. The molecule has 2 heterocycles. The molecule has 3 aliphatic carbocycles. The number of hydrogen-bond acceptors (Lipinski definition) is 6. The topological polar surface area (TPSA) is 79.3 Å². The molecule has 2 aromatic rings. The second-order valence-corrected chi connectivity index (χ2v) is 14.1. The smallest absolute Gasteiger partial charge is 0.416 e. The summed E-state index contributed by atoms with van der Waals surface area (Å²) in [6, 6.07) is 8.23. The summed E-state index contributed by atoms with van der Waals surface area (Å²) >= 11 is 0. The van der Waals surface area contributed by atoms with Gasteiger partial charge in [0.05, 0.1) is 11.6 Å². The highest BCUT2D eigenvalue weighted by atomic mass is 19.4. The number of carbonyl (C=O) groups excluding carboxylic acids is 2. The van der Waals surface area contributed by atoms with Gasteiger partial charge in [-0.3, -0.25) is 14.5 Å². The predicted octanol–water partition coefficient (Wildman–Crippen LogP) is 5.31. The minimum atomic E-state index is -4.44. The number of piperidine rings is 1. The van der Waals surface area contributed by atoms with Crippen LogP contribution in [0.1, 0.15) is 68.7 Å². The Labute approximate surface area is 267 Å². The van der Waals surface area contributed by atoms with Gasteiger partial charge in [0.15, 0.2) is 11.5 Å². The number of likely N-dealkylation sites (tertiary alicyclic amines) is 1. The van der Waals surface area contributed by atoms with E-state index in [2.05, 4.69) is 16.7 Å². The van der Waals surface area contributed by atoms with Gasteiger partial charge >= 0.3 is 12.1 Å². The van der Waals surface area contributed by atoms with Crippen molar-refractivity contribution < 1.29 is 37.3 Å². The van der Waals surface area contributed by atoms with E-state index >= 15 is 0 Å². The van der Waals surface area contributed by atoms with Gasteiger partial charge in [0.2, 0.25) is 0 Å². The van der Waals surface area contributed by atoms with Crippen molar-refractivity contribution in [3.05, 3.63) is 58.7 Å². The zero-order chi connectivity index (χ0) is 32.5. The van der Waals surface area contributed by atoms with E-state index < -0.39 is 11.7 Å². The number of amides is 1. The lowest BCUT2D eigenvalue weighted by molar-refractivity contribution is -0.143. The average Bonchev–Trinajstić information content (AvgIpc) is 3.62. The maximum atomic E-state index is 13.9. The Bertz CT molecular complexity index is 1610. The number of alkyl halides is 3. The molecule has 1 spiro atoms. The fourth-order valence-electron chi connectivity index (χ4n) is 8.92. The quantitative estimate of drug-likeness (QED) is 0.342. The highest BCUT2D eigenvalue weighted by molar-refractivity contribution is 5.94. The normalized spacial score (nSPS) is 30.5. The predicted molar refractivity (Wildman–Crippen MR) is 163 cm³/mol. The summed E-state index contributed by atoms with van der Waals surface area (Å²) in [4.78, 5) is 29.7. The number of hydrogen-bond donors (Lipinski definition) is 1. The van der Waals surface area contributed by atoms with Crippen molar-refractivity contribution in [1.29, 1.82) is 0 Å². The van der Waals surface area contributed by atoms with E-state index in [-0.39, 0.29) is 59.2 Å². The number of carbonyl (C=O) groups is 2. The summed E-state index contributed by atoms with van der Waals surface area (Å²) in [6.45, 7) is 7.71. The van der Waals surface area contributed by atoms with Crippen molar-refractivity contribution in [2.75, 3.05) is 19.6 Å². The third kappa shape index (κ3) is 5.21. The number of ether oxygens (including phenoxy) is 2. The maximum Gasteiger partial charge on any atom is 0.416 e. The van der Waals surface area contributed by atoms with Crippen LogP contribution in [0, 0.1) is 29.6 Å². The molecule has 7 atom stereocenters. The molecular formula is C36H39F3N2O5. The second kappa shape index (κ2) is 11.2. The number of benzene rings is 2. The van der Waals surface area contributed by atoms with Gasteiger partial charge in [-0.05, 0) is 86.4 Å². The van der Waals surface area contributed by atoms with Crippen LogP contribution in [0.2, 0.25) is 0 Å². The number of rotatable bonds is 6. The molecule has 1 N–H and O–H groups in total. The highest BCUT2D eigenvalue weighted by Gasteiger charge is 2.67. The van der Waals surface area contributed by atoms with E-state index in [1.54, 1.807) is 6.07 Å². The third-order valence-electron chi connectivity index (χ3n) is 10.8. The highest BCUT2D eigenvalue weighted by Crippen LogP contribution is 2.64. The van der Waals surface area contributed by atoms with E-state index in [4.69, 9.17) is 9.47 Å². The summed E-state index contributed by atoms with van der Waals surface area (Å²) in [5.41, 5.74) is 1.49. The molecule has 5 aliphatic rings. The van der Waals surface area contributed by atoms with Crippen LogP contribution in [0.3, 0.4) is 0 Å². The van der Waals surface area contributed by atoms with E-state index in [1.165, 1.54) is 24.6 Å². The molecule has 1 saturated heterocycles. The van der Waals surface area contributed by atoms with E-state index in [1.807, 2.05) is 24.8 Å². The summed E-state index contributed by atoms with van der Waals surface area (Å²) in [5.74, 6) is 6.30. The Kier molecular flexibility index (Phi) is 7.54. The molecule has 3 fully saturated rings. The van der Waals surface area contributed by atoms with Crippen LogP contribution >= 0.6 is 0 Å². The van der Waals surface area contributed by atoms with Crippen molar-refractivity contribution in [2.45, 2.75) is 88.8 Å². The number of phenolic OH excluding ortho intramolecular Hbond substituents is 1. The fourth-order valence-corrected chi connectivity index (χ4v) is 8.92. The van der Waals surface area contributed by atoms with Crippen LogP contribution in [0.25, 0.3) is 0 Å². The molecule has 244 valence electrons. The number of phenols is 1. The van der Waals surface area contributed by atoms with Gasteiger partial charge in [-0.2, -0.15) is 13.2 Å². The Hall–Kier alpha value is -3.71. The van der Waals surface area contributed by atoms with Crippen LogP contribution in [0.5, 0.6) is 11.5 Å². The summed E-state index contributed by atoms with van der Waals surface area (Å²) < 4.78 is 51.3. The first-order chi connectivity index (χ1) is 21.9. The van der Waals surface area contributed by atoms with Crippen molar-refractivity contribution in [3.63, 3.8) is 0 Å². The summed E-state index contributed by atoms with van der Waals surface area (Å²) in [5, 5.41) is 11.0. The van der Waals surface area contributed by atoms with Crippen molar-refractivity contribution >= 4 is 11.9 Å². The molecule has 2 aliphatic heterocycles. The number of esters is 1. The first-order valence-corrected chi connectivity index (χ1v) is 16.3. The zero-order valence-electron chi connectivity index (χ0n) is 26.3.